The van der Waals surface area contributed by atoms with Crippen LogP contribution in [-0.4, -0.2) is 36.2 Å². The van der Waals surface area contributed by atoms with Gasteiger partial charge in [0.05, 0.1) is 0 Å². The van der Waals surface area contributed by atoms with Crippen LogP contribution in [0.15, 0.2) is 11.6 Å². The zero-order valence-electron chi connectivity index (χ0n) is 9.55. The molecule has 0 saturated carbocycles. The van der Waals surface area contributed by atoms with Crippen LogP contribution >= 0.6 is 11.9 Å². The predicted octanol–water partition coefficient (Wildman–Crippen LogP) is 2.28. The lowest BCUT2D eigenvalue weighted by atomic mass is 10.1. The molecule has 0 aromatic carbocycles. The molecule has 0 aromatic rings. The number of rotatable bonds is 4. The molecule has 3 heteroatoms. The van der Waals surface area contributed by atoms with Crippen molar-refractivity contribution in [2.45, 2.75) is 32.7 Å². The summed E-state index contributed by atoms with van der Waals surface area (Å²) in [6, 6.07) is 0.731. The summed E-state index contributed by atoms with van der Waals surface area (Å²) >= 11 is 1.87. The summed E-state index contributed by atoms with van der Waals surface area (Å²) < 4.78 is 2.44. The van der Waals surface area contributed by atoms with Gasteiger partial charge in [-0.25, -0.2) is 0 Å². The Morgan fingerprint density at radius 3 is 2.57 bits per heavy atom. The predicted molar refractivity (Wildman–Crippen MR) is 65.5 cm³/mol. The van der Waals surface area contributed by atoms with E-state index in [9.17, 15) is 0 Å². The van der Waals surface area contributed by atoms with Crippen molar-refractivity contribution in [2.24, 2.45) is 0 Å². The maximum atomic E-state index is 3.59. The number of nitrogens with zero attached hydrogens (tertiary/aromatic N) is 1. The molecule has 0 spiro atoms. The van der Waals surface area contributed by atoms with Gasteiger partial charge in [-0.3, -0.25) is 4.31 Å². The standard InChI is InChI=1S/C11H22N2S/c1-10(2)4-7-12-11-5-8-13(14-3)9-6-11/h4,11-12H,5-9H2,1-3H3. The Labute approximate surface area is 92.3 Å². The first-order valence-electron chi connectivity index (χ1n) is 5.38. The third-order valence-corrected chi connectivity index (χ3v) is 3.51. The second kappa shape index (κ2) is 6.49. The van der Waals surface area contributed by atoms with Crippen LogP contribution in [0, 0.1) is 0 Å². The van der Waals surface area contributed by atoms with Crippen molar-refractivity contribution in [3.63, 3.8) is 0 Å². The fraction of sp³-hybridized carbons (Fsp3) is 0.818. The quantitative estimate of drug-likeness (QED) is 0.571. The fourth-order valence-corrected chi connectivity index (χ4v) is 2.25. The zero-order valence-corrected chi connectivity index (χ0v) is 10.4. The molecule has 1 fully saturated rings. The van der Waals surface area contributed by atoms with Crippen LogP contribution in [0.25, 0.3) is 0 Å². The summed E-state index contributed by atoms with van der Waals surface area (Å²) in [5.41, 5.74) is 1.40. The normalized spacial score (nSPS) is 19.6. The number of allylic oxidation sites excluding steroid dienone is 1. The van der Waals surface area contributed by atoms with Crippen LogP contribution < -0.4 is 5.32 Å². The van der Waals surface area contributed by atoms with E-state index in [-0.39, 0.29) is 0 Å². The Morgan fingerprint density at radius 1 is 1.43 bits per heavy atom. The van der Waals surface area contributed by atoms with Gasteiger partial charge < -0.3 is 5.32 Å². The third-order valence-electron chi connectivity index (χ3n) is 2.63. The van der Waals surface area contributed by atoms with Crippen LogP contribution in [0.5, 0.6) is 0 Å². The third kappa shape index (κ3) is 4.49. The first-order valence-corrected chi connectivity index (χ1v) is 6.56. The van der Waals surface area contributed by atoms with Crippen LogP contribution in [0.3, 0.4) is 0 Å². The van der Waals surface area contributed by atoms with Gasteiger partial charge in [0.2, 0.25) is 0 Å². The molecular weight excluding hydrogens is 192 g/mol. The summed E-state index contributed by atoms with van der Waals surface area (Å²) in [4.78, 5) is 0. The largest absolute Gasteiger partial charge is 0.310 e. The van der Waals surface area contributed by atoms with Crippen LogP contribution in [0.4, 0.5) is 0 Å². The molecule has 2 nitrogen and oxygen atoms in total. The molecule has 1 rings (SSSR count). The summed E-state index contributed by atoms with van der Waals surface area (Å²) in [5.74, 6) is 0. The van der Waals surface area contributed by atoms with E-state index in [4.69, 9.17) is 0 Å². The molecule has 82 valence electrons. The van der Waals surface area contributed by atoms with Crippen molar-refractivity contribution in [1.29, 1.82) is 0 Å². The average Bonchev–Trinajstić information content (AvgIpc) is 2.18. The van der Waals surface area contributed by atoms with Crippen molar-refractivity contribution in [3.8, 4) is 0 Å². The summed E-state index contributed by atoms with van der Waals surface area (Å²) in [7, 11) is 0. The second-order valence-electron chi connectivity index (χ2n) is 4.08. The van der Waals surface area contributed by atoms with Gasteiger partial charge in [-0.1, -0.05) is 23.6 Å². The first-order chi connectivity index (χ1) is 6.72. The Morgan fingerprint density at radius 2 is 2.07 bits per heavy atom. The molecule has 0 aliphatic carbocycles. The first kappa shape index (κ1) is 12.1. The number of hydrogen-bond donors (Lipinski definition) is 1. The van der Waals surface area contributed by atoms with Crippen molar-refractivity contribution in [2.75, 3.05) is 25.9 Å². The highest BCUT2D eigenvalue weighted by Crippen LogP contribution is 2.15. The molecular formula is C11H22N2S. The molecule has 0 amide bonds. The zero-order chi connectivity index (χ0) is 10.4. The minimum Gasteiger partial charge on any atom is -0.310 e. The van der Waals surface area contributed by atoms with E-state index >= 15 is 0 Å². The molecule has 1 aliphatic rings. The SMILES string of the molecule is CSN1CCC(NCC=C(C)C)CC1. The molecule has 0 radical (unpaired) electrons. The summed E-state index contributed by atoms with van der Waals surface area (Å²) in [6.45, 7) is 7.80. The maximum Gasteiger partial charge on any atom is 0.0139 e. The molecule has 1 heterocycles. The number of piperidine rings is 1. The monoisotopic (exact) mass is 214 g/mol. The lowest BCUT2D eigenvalue weighted by molar-refractivity contribution is 0.315. The van der Waals surface area contributed by atoms with Gasteiger partial charge in [0, 0.05) is 25.7 Å². The highest BCUT2D eigenvalue weighted by atomic mass is 32.2. The minimum absolute atomic E-state index is 0.731. The van der Waals surface area contributed by atoms with E-state index in [0.29, 0.717) is 0 Å². The Hall–Kier alpha value is 0.0100. The minimum atomic E-state index is 0.731. The molecule has 1 saturated heterocycles. The molecule has 1 N–H and O–H groups in total. The van der Waals surface area contributed by atoms with Gasteiger partial charge in [-0.15, -0.1) is 0 Å². The van der Waals surface area contributed by atoms with Gasteiger partial charge in [0.25, 0.3) is 0 Å². The van der Waals surface area contributed by atoms with E-state index in [1.807, 2.05) is 11.9 Å². The van der Waals surface area contributed by atoms with Crippen molar-refractivity contribution < 1.29 is 0 Å². The van der Waals surface area contributed by atoms with E-state index in [2.05, 4.69) is 35.8 Å². The molecule has 0 bridgehead atoms. The van der Waals surface area contributed by atoms with Gasteiger partial charge in [-0.2, -0.15) is 0 Å². The topological polar surface area (TPSA) is 15.3 Å². The molecule has 0 atom stereocenters. The van der Waals surface area contributed by atoms with Crippen LogP contribution in [0.1, 0.15) is 26.7 Å². The highest BCUT2D eigenvalue weighted by molar-refractivity contribution is 7.96. The Bertz CT molecular complexity index is 180. The van der Waals surface area contributed by atoms with Gasteiger partial charge >= 0.3 is 0 Å². The lowest BCUT2D eigenvalue weighted by Crippen LogP contribution is -2.39. The number of nitrogens with one attached hydrogen (secondary N) is 1. The van der Waals surface area contributed by atoms with Crippen molar-refractivity contribution in [3.05, 3.63) is 11.6 Å². The van der Waals surface area contributed by atoms with Crippen molar-refractivity contribution in [1.82, 2.24) is 9.62 Å². The van der Waals surface area contributed by atoms with E-state index in [1.54, 1.807) is 0 Å². The van der Waals surface area contributed by atoms with Gasteiger partial charge in [0.1, 0.15) is 0 Å². The summed E-state index contributed by atoms with van der Waals surface area (Å²) in [5, 5.41) is 3.59. The van der Waals surface area contributed by atoms with E-state index in [1.165, 1.54) is 31.5 Å². The van der Waals surface area contributed by atoms with Crippen LogP contribution in [-0.2, 0) is 0 Å². The molecule has 1 aliphatic heterocycles. The molecule has 0 aromatic heterocycles. The smallest absolute Gasteiger partial charge is 0.0139 e. The van der Waals surface area contributed by atoms with Gasteiger partial charge in [-0.05, 0) is 32.9 Å². The van der Waals surface area contributed by atoms with E-state index < -0.39 is 0 Å². The van der Waals surface area contributed by atoms with Crippen molar-refractivity contribution >= 4 is 11.9 Å². The maximum absolute atomic E-state index is 3.59. The summed E-state index contributed by atoms with van der Waals surface area (Å²) in [6.07, 6.45) is 7.01. The lowest BCUT2D eigenvalue weighted by Gasteiger charge is -2.30. The Balaban J connectivity index is 2.13. The Kier molecular flexibility index (Phi) is 5.60. The fourth-order valence-electron chi connectivity index (χ4n) is 1.67. The molecule has 14 heavy (non-hydrogen) atoms. The molecule has 0 unspecified atom stereocenters. The second-order valence-corrected chi connectivity index (χ2v) is 4.96. The van der Waals surface area contributed by atoms with Gasteiger partial charge in [0.15, 0.2) is 0 Å². The highest BCUT2D eigenvalue weighted by Gasteiger charge is 2.17. The average molecular weight is 214 g/mol. The van der Waals surface area contributed by atoms with Crippen LogP contribution in [0.2, 0.25) is 0 Å². The number of hydrogen-bond acceptors (Lipinski definition) is 3. The van der Waals surface area contributed by atoms with E-state index in [0.717, 1.165) is 12.6 Å².